The number of ether oxygens (including phenoxy) is 1. The van der Waals surface area contributed by atoms with E-state index in [0.717, 1.165) is 76.1 Å². The Balaban J connectivity index is 0.000000205. The van der Waals surface area contributed by atoms with Crippen LogP contribution in [0.4, 0.5) is 28.4 Å². The fourth-order valence-corrected chi connectivity index (χ4v) is 7.80. The van der Waals surface area contributed by atoms with Crippen LogP contribution in [0.2, 0.25) is 0 Å². The van der Waals surface area contributed by atoms with Crippen LogP contribution in [0.5, 0.6) is 0 Å². The molecule has 4 aliphatic heterocycles. The number of nitrogens with zero attached hydrogens (tertiary/aromatic N) is 4. The van der Waals surface area contributed by atoms with Gasteiger partial charge in [0.25, 0.3) is 0 Å². The molecule has 280 valence electrons. The normalized spacial score (nSPS) is 21.1. The predicted molar refractivity (Wildman–Crippen MR) is 191 cm³/mol. The third-order valence-electron chi connectivity index (χ3n) is 11.1. The maximum Gasteiger partial charge on any atom is 0.416 e. The standard InChI is InChI=1S/C23H33F3N2O.C16H21N3O3/c1-17(15-18-5-4-6-19(16-18)23(24,25)26)21(29)28-11-7-20(8-12-28)27-13-9-22(2,3)10-14-27;1-22-16(21)18-9-7-13(8-10-18)19-11-6-12-4-2-3-5-14(12)17-15(19)20/h4-6,16-17,20H,7-15H2,1-3H3;2-5,13H,6-11H2,1H3,(H,17,20)/t17-;/m1./s1. The maximum atomic E-state index is 12.9. The Morgan fingerprint density at radius 2 is 1.51 bits per heavy atom. The third kappa shape index (κ3) is 10.2. The molecule has 0 saturated carbocycles. The van der Waals surface area contributed by atoms with Crippen LogP contribution in [0.25, 0.3) is 0 Å². The molecule has 12 heteroatoms. The summed E-state index contributed by atoms with van der Waals surface area (Å²) < 4.78 is 43.5. The number of carbonyl (C=O) groups excluding carboxylic acids is 3. The van der Waals surface area contributed by atoms with Crippen molar-refractivity contribution in [2.45, 2.75) is 90.4 Å². The summed E-state index contributed by atoms with van der Waals surface area (Å²) in [6, 6.07) is 13.9. The predicted octanol–water partition coefficient (Wildman–Crippen LogP) is 7.30. The first-order valence-corrected chi connectivity index (χ1v) is 18.4. The highest BCUT2D eigenvalue weighted by Gasteiger charge is 2.34. The van der Waals surface area contributed by atoms with E-state index in [-0.39, 0.29) is 30.0 Å². The second-order valence-corrected chi connectivity index (χ2v) is 15.3. The molecule has 3 fully saturated rings. The Bertz CT molecular complexity index is 1490. The van der Waals surface area contributed by atoms with Crippen LogP contribution in [0.3, 0.4) is 0 Å². The van der Waals surface area contributed by atoms with Gasteiger partial charge >= 0.3 is 18.3 Å². The van der Waals surface area contributed by atoms with Gasteiger partial charge < -0.3 is 29.7 Å². The van der Waals surface area contributed by atoms with Gasteiger partial charge in [-0.3, -0.25) is 4.79 Å². The minimum absolute atomic E-state index is 0.0403. The molecule has 0 radical (unpaired) electrons. The van der Waals surface area contributed by atoms with E-state index in [1.54, 1.807) is 11.0 Å². The number of urea groups is 1. The zero-order valence-corrected chi connectivity index (χ0v) is 30.5. The van der Waals surface area contributed by atoms with Gasteiger partial charge in [-0.15, -0.1) is 0 Å². The topological polar surface area (TPSA) is 85.4 Å². The molecule has 0 spiro atoms. The molecular formula is C39H54F3N5O4. The van der Waals surface area contributed by atoms with Gasteiger partial charge in [0.05, 0.1) is 12.7 Å². The molecule has 0 unspecified atom stereocenters. The summed E-state index contributed by atoms with van der Waals surface area (Å²) in [4.78, 5) is 44.9. The lowest BCUT2D eigenvalue weighted by atomic mass is 9.82. The minimum atomic E-state index is -4.35. The van der Waals surface area contributed by atoms with Crippen LogP contribution in [-0.2, 0) is 28.5 Å². The van der Waals surface area contributed by atoms with Gasteiger partial charge in [-0.2, -0.15) is 13.2 Å². The number of amides is 4. The van der Waals surface area contributed by atoms with Crippen molar-refractivity contribution in [1.29, 1.82) is 0 Å². The lowest BCUT2D eigenvalue weighted by Gasteiger charge is -2.44. The van der Waals surface area contributed by atoms with E-state index in [1.807, 2.05) is 34.9 Å². The summed E-state index contributed by atoms with van der Waals surface area (Å²) in [5, 5.41) is 3.00. The number of benzene rings is 2. The minimum Gasteiger partial charge on any atom is -0.453 e. The average molecular weight is 714 g/mol. The van der Waals surface area contributed by atoms with E-state index in [1.165, 1.54) is 31.6 Å². The van der Waals surface area contributed by atoms with Crippen molar-refractivity contribution in [3.8, 4) is 0 Å². The number of nitrogens with one attached hydrogen (secondary N) is 1. The summed E-state index contributed by atoms with van der Waals surface area (Å²) in [6.07, 6.45) is 2.56. The van der Waals surface area contributed by atoms with Crippen LogP contribution in [0.1, 0.15) is 76.0 Å². The number of likely N-dealkylation sites (tertiary alicyclic amines) is 3. The molecule has 6 rings (SSSR count). The van der Waals surface area contributed by atoms with Gasteiger partial charge in [0.2, 0.25) is 5.91 Å². The number of piperidine rings is 3. The number of anilines is 1. The summed E-state index contributed by atoms with van der Waals surface area (Å²) in [7, 11) is 1.40. The van der Waals surface area contributed by atoms with Gasteiger partial charge in [-0.25, -0.2) is 9.59 Å². The number of rotatable bonds is 5. The van der Waals surface area contributed by atoms with Crippen LogP contribution in [-0.4, -0.2) is 103 Å². The number of methoxy groups -OCH3 is 1. The van der Waals surface area contributed by atoms with Crippen molar-refractivity contribution >= 4 is 23.7 Å². The summed E-state index contributed by atoms with van der Waals surface area (Å²) in [6.45, 7) is 12.2. The maximum absolute atomic E-state index is 12.9. The van der Waals surface area contributed by atoms with E-state index in [0.29, 0.717) is 43.1 Å². The fourth-order valence-electron chi connectivity index (χ4n) is 7.80. The molecule has 0 aliphatic carbocycles. The van der Waals surface area contributed by atoms with Crippen molar-refractivity contribution < 1.29 is 32.3 Å². The average Bonchev–Trinajstić information content (AvgIpc) is 3.29. The smallest absolute Gasteiger partial charge is 0.416 e. The first-order valence-electron chi connectivity index (χ1n) is 18.4. The summed E-state index contributed by atoms with van der Waals surface area (Å²) in [5.74, 6) is -0.258. The van der Waals surface area contributed by atoms with Crippen LogP contribution in [0.15, 0.2) is 48.5 Å². The molecule has 4 heterocycles. The molecule has 9 nitrogen and oxygen atoms in total. The molecule has 51 heavy (non-hydrogen) atoms. The monoisotopic (exact) mass is 713 g/mol. The first kappa shape index (κ1) is 38.4. The van der Waals surface area contributed by atoms with Crippen LogP contribution >= 0.6 is 0 Å². The second-order valence-electron chi connectivity index (χ2n) is 15.3. The van der Waals surface area contributed by atoms with E-state index < -0.39 is 11.7 Å². The Labute approximate surface area is 300 Å². The number of hydrogen-bond acceptors (Lipinski definition) is 5. The van der Waals surface area contributed by atoms with E-state index in [2.05, 4.69) is 30.1 Å². The van der Waals surface area contributed by atoms with Gasteiger partial charge in [0.1, 0.15) is 0 Å². The van der Waals surface area contributed by atoms with E-state index in [9.17, 15) is 27.6 Å². The highest BCUT2D eigenvalue weighted by Crippen LogP contribution is 2.33. The van der Waals surface area contributed by atoms with Crippen LogP contribution < -0.4 is 5.32 Å². The summed E-state index contributed by atoms with van der Waals surface area (Å²) in [5.41, 5.74) is 2.42. The largest absolute Gasteiger partial charge is 0.453 e. The van der Waals surface area contributed by atoms with Crippen molar-refractivity contribution in [3.63, 3.8) is 0 Å². The Hall–Kier alpha value is -3.80. The zero-order chi connectivity index (χ0) is 36.8. The number of alkyl halides is 3. The molecule has 1 atom stereocenters. The molecule has 2 aromatic carbocycles. The number of hydrogen-bond donors (Lipinski definition) is 1. The molecular weight excluding hydrogens is 659 g/mol. The summed E-state index contributed by atoms with van der Waals surface area (Å²) >= 11 is 0. The SMILES string of the molecule is COC(=O)N1CCC(N2CCc3ccccc3NC2=O)CC1.C[C@H](Cc1cccc(C(F)(F)F)c1)C(=O)N1CCC(N2CCC(C)(C)CC2)CC1. The van der Waals surface area contributed by atoms with Gasteiger partial charge in [0, 0.05) is 56.4 Å². The van der Waals surface area contributed by atoms with Gasteiger partial charge in [0.15, 0.2) is 0 Å². The number of fused-ring (bicyclic) bond motifs is 1. The molecule has 4 amide bonds. The van der Waals surface area contributed by atoms with E-state index >= 15 is 0 Å². The fraction of sp³-hybridized carbons (Fsp3) is 0.615. The van der Waals surface area contributed by atoms with Gasteiger partial charge in [-0.05, 0) is 93.1 Å². The number of carbonyl (C=O) groups is 3. The highest BCUT2D eigenvalue weighted by molar-refractivity contribution is 5.91. The first-order chi connectivity index (χ1) is 24.2. The lowest BCUT2D eigenvalue weighted by molar-refractivity contribution is -0.137. The molecule has 3 saturated heterocycles. The van der Waals surface area contributed by atoms with E-state index in [4.69, 9.17) is 4.74 Å². The number of para-hydroxylation sites is 1. The molecule has 2 aromatic rings. The quantitative estimate of drug-likeness (QED) is 0.352. The van der Waals surface area contributed by atoms with Crippen molar-refractivity contribution in [3.05, 3.63) is 65.2 Å². The molecule has 0 bridgehead atoms. The number of halogens is 3. The highest BCUT2D eigenvalue weighted by atomic mass is 19.4. The second kappa shape index (κ2) is 16.7. The van der Waals surface area contributed by atoms with Crippen LogP contribution in [0, 0.1) is 11.3 Å². The molecule has 1 N–H and O–H groups in total. The molecule has 0 aromatic heterocycles. The van der Waals surface area contributed by atoms with Crippen molar-refractivity contribution in [1.82, 2.24) is 19.6 Å². The van der Waals surface area contributed by atoms with Gasteiger partial charge in [-0.1, -0.05) is 57.2 Å². The zero-order valence-electron chi connectivity index (χ0n) is 30.5. The van der Waals surface area contributed by atoms with Crippen molar-refractivity contribution in [2.75, 3.05) is 58.2 Å². The Kier molecular flexibility index (Phi) is 12.6. The lowest BCUT2D eigenvalue weighted by Crippen LogP contribution is -2.50. The third-order valence-corrected chi connectivity index (χ3v) is 11.1. The Morgan fingerprint density at radius 3 is 2.16 bits per heavy atom. The Morgan fingerprint density at radius 1 is 0.882 bits per heavy atom. The van der Waals surface area contributed by atoms with Crippen molar-refractivity contribution in [2.24, 2.45) is 11.3 Å². The molecule has 4 aliphatic rings.